The van der Waals surface area contributed by atoms with E-state index in [9.17, 15) is 9.90 Å². The number of nitrogens with zero attached hydrogens (tertiary/aromatic N) is 1. The molecule has 0 radical (unpaired) electrons. The molecule has 5 nitrogen and oxygen atoms in total. The van der Waals surface area contributed by atoms with Crippen LogP contribution >= 0.6 is 0 Å². The maximum absolute atomic E-state index is 12.3. The normalized spacial score (nSPS) is 23.2. The zero-order valence-corrected chi connectivity index (χ0v) is 11.3. The van der Waals surface area contributed by atoms with Crippen molar-refractivity contribution >= 4 is 5.91 Å². The number of piperidine rings is 1. The Morgan fingerprint density at radius 3 is 2.84 bits per heavy atom. The van der Waals surface area contributed by atoms with Crippen molar-refractivity contribution in [1.29, 1.82) is 0 Å². The van der Waals surface area contributed by atoms with Crippen molar-refractivity contribution in [2.24, 2.45) is 11.7 Å². The Morgan fingerprint density at radius 2 is 2.26 bits per heavy atom. The van der Waals surface area contributed by atoms with Crippen molar-refractivity contribution in [3.8, 4) is 11.5 Å². The van der Waals surface area contributed by atoms with E-state index in [1.165, 1.54) is 13.2 Å². The Bertz CT molecular complexity index is 476. The molecule has 1 saturated heterocycles. The third kappa shape index (κ3) is 2.81. The molecule has 19 heavy (non-hydrogen) atoms. The minimum Gasteiger partial charge on any atom is -0.504 e. The van der Waals surface area contributed by atoms with E-state index in [2.05, 4.69) is 6.92 Å². The van der Waals surface area contributed by atoms with Crippen LogP contribution in [0.2, 0.25) is 0 Å². The first-order chi connectivity index (χ1) is 9.02. The number of benzene rings is 1. The third-order valence-electron chi connectivity index (χ3n) is 3.73. The van der Waals surface area contributed by atoms with E-state index >= 15 is 0 Å². The van der Waals surface area contributed by atoms with Crippen LogP contribution in [0.25, 0.3) is 0 Å². The van der Waals surface area contributed by atoms with Gasteiger partial charge in [-0.15, -0.1) is 0 Å². The number of nitrogens with two attached hydrogens (primary N) is 1. The van der Waals surface area contributed by atoms with Crippen LogP contribution in [-0.2, 0) is 0 Å². The smallest absolute Gasteiger partial charge is 0.254 e. The predicted octanol–water partition coefficient (Wildman–Crippen LogP) is 1.21. The molecular formula is C14H20N2O3. The molecule has 0 bridgehead atoms. The predicted molar refractivity (Wildman–Crippen MR) is 72.3 cm³/mol. The highest BCUT2D eigenvalue weighted by atomic mass is 16.5. The van der Waals surface area contributed by atoms with Crippen molar-refractivity contribution in [2.75, 3.05) is 20.2 Å². The van der Waals surface area contributed by atoms with Gasteiger partial charge in [-0.1, -0.05) is 6.92 Å². The van der Waals surface area contributed by atoms with Crippen LogP contribution in [-0.4, -0.2) is 42.2 Å². The topological polar surface area (TPSA) is 75.8 Å². The first kappa shape index (κ1) is 13.7. The third-order valence-corrected chi connectivity index (χ3v) is 3.73. The number of hydrogen-bond acceptors (Lipinski definition) is 4. The summed E-state index contributed by atoms with van der Waals surface area (Å²) in [6.45, 7) is 3.37. The molecule has 0 spiro atoms. The number of carbonyl (C=O) groups excluding carboxylic acids is 1. The molecule has 1 fully saturated rings. The number of rotatable bonds is 2. The molecule has 2 atom stereocenters. The summed E-state index contributed by atoms with van der Waals surface area (Å²) in [6, 6.07) is 4.70. The zero-order valence-electron chi connectivity index (χ0n) is 11.3. The number of methoxy groups -OCH3 is 1. The average Bonchev–Trinajstić information content (AvgIpc) is 2.41. The van der Waals surface area contributed by atoms with Gasteiger partial charge in [0.1, 0.15) is 0 Å². The van der Waals surface area contributed by atoms with Crippen molar-refractivity contribution < 1.29 is 14.6 Å². The molecule has 1 heterocycles. The van der Waals surface area contributed by atoms with E-state index in [4.69, 9.17) is 10.5 Å². The van der Waals surface area contributed by atoms with Crippen LogP contribution in [0.15, 0.2) is 18.2 Å². The summed E-state index contributed by atoms with van der Waals surface area (Å²) < 4.78 is 4.96. The molecule has 0 aliphatic carbocycles. The lowest BCUT2D eigenvalue weighted by Gasteiger charge is -2.35. The van der Waals surface area contributed by atoms with E-state index in [0.29, 0.717) is 30.3 Å². The van der Waals surface area contributed by atoms with E-state index in [-0.39, 0.29) is 17.7 Å². The molecule has 3 N–H and O–H groups in total. The summed E-state index contributed by atoms with van der Waals surface area (Å²) in [4.78, 5) is 14.1. The van der Waals surface area contributed by atoms with Crippen molar-refractivity contribution in [3.05, 3.63) is 23.8 Å². The van der Waals surface area contributed by atoms with Crippen LogP contribution in [0.5, 0.6) is 11.5 Å². The van der Waals surface area contributed by atoms with Gasteiger partial charge < -0.3 is 20.5 Å². The summed E-state index contributed by atoms with van der Waals surface area (Å²) in [6.07, 6.45) is 0.912. The van der Waals surface area contributed by atoms with Gasteiger partial charge in [-0.3, -0.25) is 4.79 Å². The molecule has 5 heteroatoms. The van der Waals surface area contributed by atoms with Gasteiger partial charge in [-0.25, -0.2) is 0 Å². The van der Waals surface area contributed by atoms with Crippen LogP contribution in [0.1, 0.15) is 23.7 Å². The van der Waals surface area contributed by atoms with Crippen molar-refractivity contribution in [1.82, 2.24) is 4.90 Å². The Balaban J connectivity index is 2.13. The average molecular weight is 264 g/mol. The van der Waals surface area contributed by atoms with Gasteiger partial charge in [-0.2, -0.15) is 0 Å². The summed E-state index contributed by atoms with van der Waals surface area (Å²) in [5.41, 5.74) is 6.46. The standard InChI is InChI=1S/C14H20N2O3/c1-9-5-6-16(8-11(9)15)14(18)10-3-4-13(19-2)12(17)7-10/h3-4,7,9,11,17H,5-6,8,15H2,1-2H3. The SMILES string of the molecule is COc1ccc(C(=O)N2CCC(C)C(N)C2)cc1O. The number of carbonyl (C=O) groups is 1. The first-order valence-electron chi connectivity index (χ1n) is 6.44. The minimum atomic E-state index is -0.0969. The Labute approximate surface area is 113 Å². The van der Waals surface area contributed by atoms with E-state index < -0.39 is 0 Å². The van der Waals surface area contributed by atoms with Crippen LogP contribution in [0.4, 0.5) is 0 Å². The van der Waals surface area contributed by atoms with Gasteiger partial charge in [0.05, 0.1) is 7.11 Å². The lowest BCUT2D eigenvalue weighted by molar-refractivity contribution is 0.0672. The quantitative estimate of drug-likeness (QED) is 0.842. The van der Waals surface area contributed by atoms with Gasteiger partial charge in [0.2, 0.25) is 0 Å². The Hall–Kier alpha value is -1.75. The van der Waals surface area contributed by atoms with Crippen LogP contribution < -0.4 is 10.5 Å². The number of aromatic hydroxyl groups is 1. The van der Waals surface area contributed by atoms with E-state index in [1.807, 2.05) is 0 Å². The maximum atomic E-state index is 12.3. The molecule has 0 saturated carbocycles. The van der Waals surface area contributed by atoms with Crippen LogP contribution in [0, 0.1) is 5.92 Å². The number of likely N-dealkylation sites (tertiary alicyclic amines) is 1. The Kier molecular flexibility index (Phi) is 3.95. The van der Waals surface area contributed by atoms with Gasteiger partial charge in [0.15, 0.2) is 11.5 Å². The highest BCUT2D eigenvalue weighted by Crippen LogP contribution is 2.27. The Morgan fingerprint density at radius 1 is 1.53 bits per heavy atom. The lowest BCUT2D eigenvalue weighted by atomic mass is 9.94. The van der Waals surface area contributed by atoms with Crippen molar-refractivity contribution in [3.63, 3.8) is 0 Å². The minimum absolute atomic E-state index is 0.0181. The summed E-state index contributed by atoms with van der Waals surface area (Å²) in [5, 5.41) is 9.71. The molecule has 2 unspecified atom stereocenters. The van der Waals surface area contributed by atoms with Gasteiger partial charge in [0, 0.05) is 24.7 Å². The molecule has 1 aromatic carbocycles. The maximum Gasteiger partial charge on any atom is 0.254 e. The molecule has 1 aliphatic heterocycles. The van der Waals surface area contributed by atoms with Crippen molar-refractivity contribution in [2.45, 2.75) is 19.4 Å². The zero-order chi connectivity index (χ0) is 14.0. The van der Waals surface area contributed by atoms with Gasteiger partial charge in [-0.05, 0) is 30.5 Å². The summed E-state index contributed by atoms with van der Waals surface area (Å²) in [7, 11) is 1.47. The first-order valence-corrected chi connectivity index (χ1v) is 6.44. The summed E-state index contributed by atoms with van der Waals surface area (Å²) >= 11 is 0. The monoisotopic (exact) mass is 264 g/mol. The lowest BCUT2D eigenvalue weighted by Crippen LogP contribution is -2.49. The van der Waals surface area contributed by atoms with Gasteiger partial charge >= 0.3 is 0 Å². The molecule has 2 rings (SSSR count). The number of amides is 1. The largest absolute Gasteiger partial charge is 0.504 e. The number of phenols is 1. The molecule has 1 aromatic rings. The molecule has 0 aromatic heterocycles. The molecule has 1 amide bonds. The molecular weight excluding hydrogens is 244 g/mol. The number of phenolic OH excluding ortho intramolecular Hbond substituents is 1. The number of hydrogen-bond donors (Lipinski definition) is 2. The van der Waals surface area contributed by atoms with Crippen LogP contribution in [0.3, 0.4) is 0 Å². The fraction of sp³-hybridized carbons (Fsp3) is 0.500. The highest BCUT2D eigenvalue weighted by Gasteiger charge is 2.27. The van der Waals surface area contributed by atoms with E-state index in [0.717, 1.165) is 6.42 Å². The van der Waals surface area contributed by atoms with Gasteiger partial charge in [0.25, 0.3) is 5.91 Å². The highest BCUT2D eigenvalue weighted by molar-refractivity contribution is 5.95. The second kappa shape index (κ2) is 5.48. The second-order valence-electron chi connectivity index (χ2n) is 5.07. The fourth-order valence-electron chi connectivity index (χ4n) is 2.29. The molecule has 1 aliphatic rings. The summed E-state index contributed by atoms with van der Waals surface area (Å²) in [5.74, 6) is 0.678. The fourth-order valence-corrected chi connectivity index (χ4v) is 2.29. The van der Waals surface area contributed by atoms with E-state index in [1.54, 1.807) is 17.0 Å². The second-order valence-corrected chi connectivity index (χ2v) is 5.07. The number of ether oxygens (including phenoxy) is 1. The molecule has 104 valence electrons.